The van der Waals surface area contributed by atoms with Gasteiger partial charge in [-0.3, -0.25) is 9.59 Å². The molecule has 1 aromatic heterocycles. The lowest BCUT2D eigenvalue weighted by atomic mass is 10.0. The number of primary sulfonamides is 1. The van der Waals surface area contributed by atoms with E-state index in [-0.39, 0.29) is 39.3 Å². The lowest BCUT2D eigenvalue weighted by Gasteiger charge is -2.34. The van der Waals surface area contributed by atoms with Crippen molar-refractivity contribution in [3.05, 3.63) is 52.8 Å². The number of esters is 1. The van der Waals surface area contributed by atoms with Crippen LogP contribution >= 0.6 is 11.3 Å². The molecule has 14 heteroatoms. The lowest BCUT2D eigenvalue weighted by molar-refractivity contribution is -0.143. The van der Waals surface area contributed by atoms with E-state index in [1.165, 1.54) is 47.0 Å². The first-order valence-electron chi connectivity index (χ1n) is 12.5. The number of aromatic nitrogens is 1. The predicted octanol–water partition coefficient (Wildman–Crippen LogP) is 2.61. The highest BCUT2D eigenvalue weighted by Gasteiger charge is 2.32. The van der Waals surface area contributed by atoms with E-state index in [0.29, 0.717) is 16.8 Å². The first kappa shape index (κ1) is 29.1. The Morgan fingerprint density at radius 1 is 1.05 bits per heavy atom. The zero-order valence-electron chi connectivity index (χ0n) is 21.6. The number of fused-ring (bicyclic) bond motifs is 1. The number of hydrogen-bond donors (Lipinski definition) is 1. The number of sulfonamides is 2. The van der Waals surface area contributed by atoms with Gasteiger partial charge in [0.25, 0.3) is 5.91 Å². The minimum Gasteiger partial charge on any atom is -0.465 e. The van der Waals surface area contributed by atoms with Crippen LogP contribution in [0, 0.1) is 0 Å². The highest BCUT2D eigenvalue weighted by molar-refractivity contribution is 7.89. The van der Waals surface area contributed by atoms with Crippen LogP contribution in [-0.2, 0) is 36.1 Å². The molecule has 2 aromatic carbocycles. The zero-order valence-corrected chi connectivity index (χ0v) is 24.0. The van der Waals surface area contributed by atoms with Gasteiger partial charge in [0.15, 0.2) is 4.80 Å². The van der Waals surface area contributed by atoms with Crippen LogP contribution in [0.1, 0.15) is 49.9 Å². The number of thiazole rings is 1. The number of amides is 1. The molecule has 0 bridgehead atoms. The SMILES string of the molecule is CCOC(=O)Cn1c(=NC(=O)c2ccc(S(=O)(=O)N3CCCCC3CC)cc2)sc2cc(S(N)(=O)=O)ccc21. The second kappa shape index (κ2) is 11.7. The molecule has 1 atom stereocenters. The van der Waals surface area contributed by atoms with Gasteiger partial charge in [-0.05, 0) is 68.7 Å². The van der Waals surface area contributed by atoms with E-state index in [2.05, 4.69) is 4.99 Å². The molecule has 1 saturated heterocycles. The van der Waals surface area contributed by atoms with Crippen molar-refractivity contribution in [1.82, 2.24) is 8.87 Å². The average molecular weight is 595 g/mol. The normalized spacial score (nSPS) is 17.4. The molecule has 11 nitrogen and oxygen atoms in total. The zero-order chi connectivity index (χ0) is 28.4. The third-order valence-electron chi connectivity index (χ3n) is 6.52. The van der Waals surface area contributed by atoms with Gasteiger partial charge in [-0.1, -0.05) is 24.7 Å². The summed E-state index contributed by atoms with van der Waals surface area (Å²) in [6.45, 7) is 4.02. The first-order chi connectivity index (χ1) is 18.5. The van der Waals surface area contributed by atoms with E-state index in [0.717, 1.165) is 37.0 Å². The second-order valence-corrected chi connectivity index (χ2v) is 13.5. The first-order valence-corrected chi connectivity index (χ1v) is 16.3. The summed E-state index contributed by atoms with van der Waals surface area (Å²) < 4.78 is 58.6. The molecule has 1 aliphatic rings. The van der Waals surface area contributed by atoms with Gasteiger partial charge in [0.05, 0.1) is 26.6 Å². The molecule has 4 rings (SSSR count). The third kappa shape index (κ3) is 6.30. The van der Waals surface area contributed by atoms with Crippen molar-refractivity contribution in [2.45, 2.75) is 61.9 Å². The molecule has 0 aliphatic carbocycles. The molecule has 0 radical (unpaired) electrons. The molecule has 2 heterocycles. The van der Waals surface area contributed by atoms with Gasteiger partial charge in [0, 0.05) is 18.2 Å². The number of piperidine rings is 1. The number of carbonyl (C=O) groups excluding carboxylic acids is 2. The minimum atomic E-state index is -3.97. The summed E-state index contributed by atoms with van der Waals surface area (Å²) in [5.41, 5.74) is 0.630. The van der Waals surface area contributed by atoms with E-state index < -0.39 is 31.9 Å². The maximum absolute atomic E-state index is 13.2. The van der Waals surface area contributed by atoms with Crippen molar-refractivity contribution in [2.75, 3.05) is 13.2 Å². The smallest absolute Gasteiger partial charge is 0.326 e. The molecule has 39 heavy (non-hydrogen) atoms. The number of nitrogens with two attached hydrogens (primary N) is 1. The standard InChI is InChI=1S/C25H30N4O7S3/c1-3-18-7-5-6-14-29(18)39(34,35)19-10-8-17(9-11-19)24(31)27-25-28(16-23(30)36-4-2)21-13-12-20(38(26,32)33)15-22(21)37-25/h8-13,15,18H,3-7,14,16H2,1-2H3,(H2,26,32,33). The largest absolute Gasteiger partial charge is 0.465 e. The molecule has 0 spiro atoms. The Morgan fingerprint density at radius 2 is 1.74 bits per heavy atom. The summed E-state index contributed by atoms with van der Waals surface area (Å²) in [4.78, 5) is 29.6. The Bertz CT molecular complexity index is 1670. The average Bonchev–Trinajstić information content (AvgIpc) is 3.24. The van der Waals surface area contributed by atoms with Crippen molar-refractivity contribution in [3.8, 4) is 0 Å². The van der Waals surface area contributed by atoms with Crippen LogP contribution in [0.2, 0.25) is 0 Å². The van der Waals surface area contributed by atoms with Crippen LogP contribution in [0.15, 0.2) is 57.2 Å². The van der Waals surface area contributed by atoms with Gasteiger partial charge < -0.3 is 9.30 Å². The third-order valence-corrected chi connectivity index (χ3v) is 10.4. The molecule has 1 unspecified atom stereocenters. The summed E-state index contributed by atoms with van der Waals surface area (Å²) in [5.74, 6) is -1.21. The maximum Gasteiger partial charge on any atom is 0.326 e. The predicted molar refractivity (Wildman–Crippen MR) is 146 cm³/mol. The van der Waals surface area contributed by atoms with Crippen LogP contribution in [0.3, 0.4) is 0 Å². The van der Waals surface area contributed by atoms with Gasteiger partial charge in [0.2, 0.25) is 20.0 Å². The van der Waals surface area contributed by atoms with Gasteiger partial charge in [-0.25, -0.2) is 22.0 Å². The molecule has 0 saturated carbocycles. The van der Waals surface area contributed by atoms with Crippen LogP contribution in [0.4, 0.5) is 0 Å². The van der Waals surface area contributed by atoms with Gasteiger partial charge >= 0.3 is 5.97 Å². The monoisotopic (exact) mass is 594 g/mol. The number of rotatable bonds is 8. The van der Waals surface area contributed by atoms with Crippen LogP contribution in [-0.4, -0.2) is 56.8 Å². The van der Waals surface area contributed by atoms with E-state index in [9.17, 15) is 26.4 Å². The van der Waals surface area contributed by atoms with Crippen molar-refractivity contribution >= 4 is 53.5 Å². The molecule has 1 fully saturated rings. The summed E-state index contributed by atoms with van der Waals surface area (Å²) in [7, 11) is -7.67. The van der Waals surface area contributed by atoms with Crippen LogP contribution < -0.4 is 9.94 Å². The topological polar surface area (TPSA) is 158 Å². The Labute approximate surface area is 231 Å². The van der Waals surface area contributed by atoms with E-state index in [1.54, 1.807) is 11.2 Å². The van der Waals surface area contributed by atoms with Crippen molar-refractivity contribution in [1.29, 1.82) is 0 Å². The number of carbonyl (C=O) groups is 2. The highest BCUT2D eigenvalue weighted by atomic mass is 32.2. The van der Waals surface area contributed by atoms with Crippen molar-refractivity contribution in [2.24, 2.45) is 10.1 Å². The summed E-state index contributed by atoms with van der Waals surface area (Å²) >= 11 is 1.01. The van der Waals surface area contributed by atoms with Crippen molar-refractivity contribution < 1.29 is 31.2 Å². The van der Waals surface area contributed by atoms with Crippen LogP contribution in [0.25, 0.3) is 10.2 Å². The molecular weight excluding hydrogens is 564 g/mol. The van der Waals surface area contributed by atoms with Crippen molar-refractivity contribution in [3.63, 3.8) is 0 Å². The highest BCUT2D eigenvalue weighted by Crippen LogP contribution is 2.27. The summed E-state index contributed by atoms with van der Waals surface area (Å²) in [6, 6.07) is 9.71. The van der Waals surface area contributed by atoms with Gasteiger partial charge in [-0.15, -0.1) is 0 Å². The Kier molecular flexibility index (Phi) is 8.71. The lowest BCUT2D eigenvalue weighted by Crippen LogP contribution is -2.43. The van der Waals surface area contributed by atoms with Gasteiger partial charge in [0.1, 0.15) is 6.54 Å². The number of ether oxygens (including phenoxy) is 1. The molecule has 1 aliphatic heterocycles. The quantitative estimate of drug-likeness (QED) is 0.393. The van der Waals surface area contributed by atoms with Crippen LogP contribution in [0.5, 0.6) is 0 Å². The second-order valence-electron chi connectivity index (χ2n) is 9.07. The van der Waals surface area contributed by atoms with E-state index in [4.69, 9.17) is 9.88 Å². The fourth-order valence-electron chi connectivity index (χ4n) is 4.56. The molecule has 210 valence electrons. The number of hydrogen-bond acceptors (Lipinski definition) is 8. The summed E-state index contributed by atoms with van der Waals surface area (Å²) in [5, 5.41) is 5.25. The summed E-state index contributed by atoms with van der Waals surface area (Å²) in [6.07, 6.45) is 3.36. The van der Waals surface area contributed by atoms with Gasteiger partial charge in [-0.2, -0.15) is 9.30 Å². The fourth-order valence-corrected chi connectivity index (χ4v) is 8.01. The Hall–Kier alpha value is -2.91. The molecular formula is C25H30N4O7S3. The molecule has 2 N–H and O–H groups in total. The number of benzene rings is 2. The Balaban J connectivity index is 1.70. The maximum atomic E-state index is 13.2. The van der Waals surface area contributed by atoms with E-state index >= 15 is 0 Å². The fraction of sp³-hybridized carbons (Fsp3) is 0.400. The Morgan fingerprint density at radius 3 is 2.38 bits per heavy atom. The number of nitrogens with zero attached hydrogens (tertiary/aromatic N) is 3. The minimum absolute atomic E-state index is 0.0439. The molecule has 1 amide bonds. The van der Waals surface area contributed by atoms with E-state index in [1.807, 2.05) is 6.92 Å². The molecule has 3 aromatic rings.